The summed E-state index contributed by atoms with van der Waals surface area (Å²) in [5.41, 5.74) is 5.90. The van der Waals surface area contributed by atoms with Crippen LogP contribution < -0.4 is 10.2 Å². The van der Waals surface area contributed by atoms with Gasteiger partial charge in [0.15, 0.2) is 0 Å². The van der Waals surface area contributed by atoms with Crippen molar-refractivity contribution in [3.63, 3.8) is 0 Å². The van der Waals surface area contributed by atoms with E-state index in [1.54, 1.807) is 13.3 Å². The fraction of sp³-hybridized carbons (Fsp3) is 0.0588. The highest BCUT2D eigenvalue weighted by atomic mass is 79.9. The van der Waals surface area contributed by atoms with E-state index < -0.39 is 0 Å². The first kappa shape index (κ1) is 15.7. The Morgan fingerprint density at radius 3 is 2.83 bits per heavy atom. The number of ether oxygens (including phenoxy) is 1. The Bertz CT molecular complexity index is 815. The predicted molar refractivity (Wildman–Crippen MR) is 99.5 cm³/mol. The molecule has 0 saturated heterocycles. The Balaban J connectivity index is 1.68. The van der Waals surface area contributed by atoms with Crippen LogP contribution in [0.1, 0.15) is 5.56 Å². The van der Waals surface area contributed by atoms with E-state index in [1.807, 2.05) is 53.9 Å². The van der Waals surface area contributed by atoms with Crippen molar-refractivity contribution in [1.29, 1.82) is 0 Å². The second-order valence-electron chi connectivity index (χ2n) is 4.69. The van der Waals surface area contributed by atoms with Gasteiger partial charge in [-0.15, -0.1) is 11.3 Å². The lowest BCUT2D eigenvalue weighted by Crippen LogP contribution is -1.90. The molecule has 0 saturated carbocycles. The van der Waals surface area contributed by atoms with Crippen molar-refractivity contribution in [2.24, 2.45) is 5.10 Å². The summed E-state index contributed by atoms with van der Waals surface area (Å²) in [6, 6.07) is 15.8. The average Bonchev–Trinajstić information content (AvgIpc) is 3.06. The van der Waals surface area contributed by atoms with Crippen molar-refractivity contribution in [1.82, 2.24) is 4.98 Å². The van der Waals surface area contributed by atoms with E-state index in [4.69, 9.17) is 4.74 Å². The highest BCUT2D eigenvalue weighted by Gasteiger charge is 2.04. The number of aromatic nitrogens is 1. The second kappa shape index (κ2) is 7.39. The monoisotopic (exact) mass is 387 g/mol. The predicted octanol–water partition coefficient (Wildman–Crippen LogP) is 5.03. The third-order valence-electron chi connectivity index (χ3n) is 3.11. The van der Waals surface area contributed by atoms with Gasteiger partial charge in [-0.1, -0.05) is 40.2 Å². The summed E-state index contributed by atoms with van der Waals surface area (Å²) in [7, 11) is 1.66. The highest BCUT2D eigenvalue weighted by molar-refractivity contribution is 9.10. The maximum absolute atomic E-state index is 5.24. The fourth-order valence-electron chi connectivity index (χ4n) is 1.95. The van der Waals surface area contributed by atoms with Crippen LogP contribution in [0, 0.1) is 0 Å². The van der Waals surface area contributed by atoms with Crippen LogP contribution in [-0.4, -0.2) is 18.3 Å². The largest absolute Gasteiger partial charge is 0.497 e. The molecule has 0 fully saturated rings. The van der Waals surface area contributed by atoms with Crippen LogP contribution >= 0.6 is 27.3 Å². The smallest absolute Gasteiger partial charge is 0.203 e. The lowest BCUT2D eigenvalue weighted by atomic mass is 10.2. The zero-order chi connectivity index (χ0) is 16.1. The lowest BCUT2D eigenvalue weighted by Gasteiger charge is -2.01. The van der Waals surface area contributed by atoms with Gasteiger partial charge in [-0.05, 0) is 29.8 Å². The van der Waals surface area contributed by atoms with Gasteiger partial charge in [-0.2, -0.15) is 5.10 Å². The minimum atomic E-state index is 0.746. The Labute approximate surface area is 147 Å². The van der Waals surface area contributed by atoms with Crippen LogP contribution in [0.15, 0.2) is 63.5 Å². The third kappa shape index (κ3) is 4.18. The molecule has 0 aliphatic carbocycles. The normalized spacial score (nSPS) is 10.9. The van der Waals surface area contributed by atoms with Gasteiger partial charge in [0.2, 0.25) is 5.13 Å². The molecule has 0 amide bonds. The van der Waals surface area contributed by atoms with Crippen molar-refractivity contribution in [3.05, 3.63) is 63.9 Å². The molecule has 1 N–H and O–H groups in total. The first-order valence-corrected chi connectivity index (χ1v) is 8.56. The molecule has 0 unspecified atom stereocenters. The molecule has 116 valence electrons. The Hall–Kier alpha value is -2.18. The van der Waals surface area contributed by atoms with Crippen LogP contribution in [0.5, 0.6) is 5.75 Å². The number of anilines is 1. The maximum atomic E-state index is 5.24. The van der Waals surface area contributed by atoms with E-state index in [9.17, 15) is 0 Å². The molecule has 0 atom stereocenters. The Morgan fingerprint density at radius 2 is 2.04 bits per heavy atom. The van der Waals surface area contributed by atoms with E-state index in [1.165, 1.54) is 11.3 Å². The summed E-state index contributed by atoms with van der Waals surface area (Å²) >= 11 is 4.92. The number of methoxy groups -OCH3 is 1. The summed E-state index contributed by atoms with van der Waals surface area (Å²) < 4.78 is 6.29. The number of halogens is 1. The second-order valence-corrected chi connectivity index (χ2v) is 6.47. The van der Waals surface area contributed by atoms with Gasteiger partial charge in [0.25, 0.3) is 0 Å². The van der Waals surface area contributed by atoms with E-state index >= 15 is 0 Å². The van der Waals surface area contributed by atoms with Crippen molar-refractivity contribution < 1.29 is 4.74 Å². The zero-order valence-corrected chi connectivity index (χ0v) is 14.8. The zero-order valence-electron chi connectivity index (χ0n) is 12.4. The first-order chi connectivity index (χ1) is 11.2. The quantitative estimate of drug-likeness (QED) is 0.493. The molecule has 0 spiro atoms. The number of hydrazone groups is 1. The van der Waals surface area contributed by atoms with Crippen molar-refractivity contribution in [3.8, 4) is 17.0 Å². The minimum absolute atomic E-state index is 0.746. The molecule has 3 aromatic rings. The van der Waals surface area contributed by atoms with Gasteiger partial charge < -0.3 is 4.74 Å². The Kier molecular flexibility index (Phi) is 5.05. The summed E-state index contributed by atoms with van der Waals surface area (Å²) in [6.07, 6.45) is 1.76. The highest BCUT2D eigenvalue weighted by Crippen LogP contribution is 2.27. The van der Waals surface area contributed by atoms with Gasteiger partial charge >= 0.3 is 0 Å². The number of benzene rings is 2. The molecule has 23 heavy (non-hydrogen) atoms. The van der Waals surface area contributed by atoms with Crippen LogP contribution in [-0.2, 0) is 0 Å². The van der Waals surface area contributed by atoms with Crippen molar-refractivity contribution in [2.45, 2.75) is 0 Å². The molecule has 0 radical (unpaired) electrons. The van der Waals surface area contributed by atoms with Crippen molar-refractivity contribution >= 4 is 38.6 Å². The lowest BCUT2D eigenvalue weighted by molar-refractivity contribution is 0.415. The molecule has 3 rings (SSSR count). The SMILES string of the molecule is COc1cccc(-c2csc(N/N=C\c3ccc(Br)cc3)n2)c1. The minimum Gasteiger partial charge on any atom is -0.497 e. The molecule has 0 aliphatic heterocycles. The molecule has 1 aromatic heterocycles. The summed E-state index contributed by atoms with van der Waals surface area (Å²) in [5.74, 6) is 0.818. The van der Waals surface area contributed by atoms with Gasteiger partial charge in [0, 0.05) is 15.4 Å². The van der Waals surface area contributed by atoms with Gasteiger partial charge in [-0.25, -0.2) is 4.98 Å². The van der Waals surface area contributed by atoms with Crippen LogP contribution in [0.3, 0.4) is 0 Å². The number of hydrogen-bond donors (Lipinski definition) is 1. The van der Waals surface area contributed by atoms with E-state index in [-0.39, 0.29) is 0 Å². The Morgan fingerprint density at radius 1 is 1.22 bits per heavy atom. The topological polar surface area (TPSA) is 46.5 Å². The number of rotatable bonds is 5. The molecule has 0 aliphatic rings. The van der Waals surface area contributed by atoms with Crippen LogP contribution in [0.4, 0.5) is 5.13 Å². The van der Waals surface area contributed by atoms with Gasteiger partial charge in [-0.3, -0.25) is 5.43 Å². The third-order valence-corrected chi connectivity index (χ3v) is 4.39. The maximum Gasteiger partial charge on any atom is 0.203 e. The average molecular weight is 388 g/mol. The molecule has 6 heteroatoms. The number of nitrogens with zero attached hydrogens (tertiary/aromatic N) is 2. The summed E-state index contributed by atoms with van der Waals surface area (Å²) in [5, 5.41) is 6.95. The molecular formula is C17H14BrN3OS. The number of nitrogens with one attached hydrogen (secondary N) is 1. The van der Waals surface area contributed by atoms with Gasteiger partial charge in [0.1, 0.15) is 5.75 Å². The van der Waals surface area contributed by atoms with Gasteiger partial charge in [0.05, 0.1) is 19.0 Å². The van der Waals surface area contributed by atoms with E-state index in [0.717, 1.165) is 32.2 Å². The molecule has 0 bridgehead atoms. The first-order valence-electron chi connectivity index (χ1n) is 6.89. The standard InChI is InChI=1S/C17H14BrN3OS/c1-22-15-4-2-3-13(9-15)16-11-23-17(20-16)21-19-10-12-5-7-14(18)8-6-12/h2-11H,1H3,(H,20,21)/b19-10-. The van der Waals surface area contributed by atoms with Crippen LogP contribution in [0.25, 0.3) is 11.3 Å². The number of hydrogen-bond acceptors (Lipinski definition) is 5. The number of thiazole rings is 1. The fourth-order valence-corrected chi connectivity index (χ4v) is 2.88. The molecule has 4 nitrogen and oxygen atoms in total. The molecule has 2 aromatic carbocycles. The van der Waals surface area contributed by atoms with Crippen molar-refractivity contribution in [2.75, 3.05) is 12.5 Å². The van der Waals surface area contributed by atoms with E-state index in [2.05, 4.69) is 31.4 Å². The summed E-state index contributed by atoms with van der Waals surface area (Å²) in [4.78, 5) is 4.53. The molecule has 1 heterocycles. The summed E-state index contributed by atoms with van der Waals surface area (Å²) in [6.45, 7) is 0. The van der Waals surface area contributed by atoms with E-state index in [0.29, 0.717) is 0 Å². The molecular weight excluding hydrogens is 374 g/mol. The van der Waals surface area contributed by atoms with Crippen LogP contribution in [0.2, 0.25) is 0 Å².